The Kier molecular flexibility index (Phi) is 3.10. The first-order valence-corrected chi connectivity index (χ1v) is 6.12. The molecule has 0 atom stereocenters. The Morgan fingerprint density at radius 1 is 1.53 bits per heavy atom. The number of rotatable bonds is 3. The molecule has 1 aliphatic rings. The second-order valence-electron chi connectivity index (χ2n) is 4.88. The van der Waals surface area contributed by atoms with Gasteiger partial charge in [0.2, 0.25) is 0 Å². The number of carbonyl (C=O) groups is 1. The molecule has 19 heavy (non-hydrogen) atoms. The van der Waals surface area contributed by atoms with Gasteiger partial charge in [-0.25, -0.2) is 0 Å². The lowest BCUT2D eigenvalue weighted by Crippen LogP contribution is -2.49. The van der Waals surface area contributed by atoms with Crippen LogP contribution >= 0.6 is 0 Å². The molecule has 1 heterocycles. The maximum Gasteiger partial charge on any atom is 0.411 e. The number of hydrogen-bond donors (Lipinski definition) is 0. The Balaban J connectivity index is 2.30. The molecule has 0 radical (unpaired) electrons. The molecule has 1 aliphatic carbocycles. The summed E-state index contributed by atoms with van der Waals surface area (Å²) < 4.78 is 40.4. The number of aromatic nitrogens is 2. The Bertz CT molecular complexity index is 503. The highest BCUT2D eigenvalue weighted by Crippen LogP contribution is 2.53. The van der Waals surface area contributed by atoms with Crippen LogP contribution in [-0.2, 0) is 6.54 Å². The van der Waals surface area contributed by atoms with Gasteiger partial charge in [-0.3, -0.25) is 9.48 Å². The van der Waals surface area contributed by atoms with Gasteiger partial charge in [0, 0.05) is 13.6 Å². The summed E-state index contributed by atoms with van der Waals surface area (Å²) in [5, 5.41) is 4.09. The van der Waals surface area contributed by atoms with Crippen LogP contribution in [-0.4, -0.2) is 39.4 Å². The van der Waals surface area contributed by atoms with Crippen LogP contribution in [0.15, 0.2) is 6.07 Å². The van der Waals surface area contributed by atoms with Gasteiger partial charge in [0.1, 0.15) is 11.2 Å². The van der Waals surface area contributed by atoms with E-state index in [-0.39, 0.29) is 18.5 Å². The van der Waals surface area contributed by atoms with Gasteiger partial charge in [-0.05, 0) is 32.8 Å². The summed E-state index contributed by atoms with van der Waals surface area (Å²) in [6.07, 6.45) is -4.44. The van der Waals surface area contributed by atoms with Crippen molar-refractivity contribution in [2.75, 3.05) is 7.05 Å². The Morgan fingerprint density at radius 3 is 2.53 bits per heavy atom. The highest BCUT2D eigenvalue weighted by atomic mass is 19.4. The Labute approximate surface area is 109 Å². The van der Waals surface area contributed by atoms with E-state index in [1.807, 2.05) is 0 Å². The van der Waals surface area contributed by atoms with E-state index in [9.17, 15) is 18.0 Å². The molecule has 0 bridgehead atoms. The first-order chi connectivity index (χ1) is 8.73. The molecule has 0 unspecified atom stereocenters. The SMILES string of the molecule is CCn1nc(C)cc1C(=O)N(C)C1(C(F)(F)F)CC1. The molecule has 1 aromatic heterocycles. The van der Waals surface area contributed by atoms with Crippen LogP contribution < -0.4 is 0 Å². The smallest absolute Gasteiger partial charge is 0.326 e. The van der Waals surface area contributed by atoms with E-state index in [2.05, 4.69) is 5.10 Å². The van der Waals surface area contributed by atoms with Gasteiger partial charge in [-0.2, -0.15) is 18.3 Å². The van der Waals surface area contributed by atoms with Crippen LogP contribution in [0, 0.1) is 6.92 Å². The van der Waals surface area contributed by atoms with Crippen molar-refractivity contribution in [2.24, 2.45) is 0 Å². The molecule has 1 saturated carbocycles. The van der Waals surface area contributed by atoms with Crippen LogP contribution in [0.2, 0.25) is 0 Å². The van der Waals surface area contributed by atoms with Crippen molar-refractivity contribution in [3.63, 3.8) is 0 Å². The Hall–Kier alpha value is -1.53. The van der Waals surface area contributed by atoms with Crippen LogP contribution in [0.3, 0.4) is 0 Å². The average molecular weight is 275 g/mol. The summed E-state index contributed by atoms with van der Waals surface area (Å²) in [5.74, 6) is -0.628. The molecule has 0 aliphatic heterocycles. The number of nitrogens with zero attached hydrogens (tertiary/aromatic N) is 3. The highest BCUT2D eigenvalue weighted by Gasteiger charge is 2.67. The molecule has 0 aromatic carbocycles. The highest BCUT2D eigenvalue weighted by molar-refractivity contribution is 5.93. The predicted molar refractivity (Wildman–Crippen MR) is 62.8 cm³/mol. The van der Waals surface area contributed by atoms with Gasteiger partial charge in [-0.15, -0.1) is 0 Å². The molecule has 1 aromatic rings. The molecular weight excluding hydrogens is 259 g/mol. The fraction of sp³-hybridized carbons (Fsp3) is 0.667. The number of halogens is 3. The number of carbonyl (C=O) groups excluding carboxylic acids is 1. The molecular formula is C12H16F3N3O. The topological polar surface area (TPSA) is 38.1 Å². The first kappa shape index (κ1) is 13.9. The quantitative estimate of drug-likeness (QED) is 0.849. The monoisotopic (exact) mass is 275 g/mol. The number of amides is 1. The summed E-state index contributed by atoms with van der Waals surface area (Å²) in [5.41, 5.74) is -1.16. The van der Waals surface area contributed by atoms with Gasteiger partial charge in [0.25, 0.3) is 5.91 Å². The zero-order valence-corrected chi connectivity index (χ0v) is 11.1. The minimum atomic E-state index is -4.39. The second kappa shape index (κ2) is 4.25. The second-order valence-corrected chi connectivity index (χ2v) is 4.88. The molecule has 0 saturated heterocycles. The van der Waals surface area contributed by atoms with E-state index < -0.39 is 17.6 Å². The zero-order valence-electron chi connectivity index (χ0n) is 11.1. The molecule has 1 fully saturated rings. The van der Waals surface area contributed by atoms with E-state index in [0.29, 0.717) is 12.2 Å². The summed E-state index contributed by atoms with van der Waals surface area (Å²) in [6.45, 7) is 3.95. The van der Waals surface area contributed by atoms with Crippen LogP contribution in [0.1, 0.15) is 35.9 Å². The number of aryl methyl sites for hydroxylation is 2. The molecule has 7 heteroatoms. The normalized spacial score (nSPS) is 17.4. The lowest BCUT2D eigenvalue weighted by Gasteiger charge is -2.30. The third-order valence-electron chi connectivity index (χ3n) is 3.62. The average Bonchev–Trinajstić information content (AvgIpc) is 3.05. The van der Waals surface area contributed by atoms with E-state index in [1.54, 1.807) is 13.8 Å². The van der Waals surface area contributed by atoms with Crippen LogP contribution in [0.25, 0.3) is 0 Å². The third kappa shape index (κ3) is 2.11. The van der Waals surface area contributed by atoms with Gasteiger partial charge in [-0.1, -0.05) is 0 Å². The van der Waals surface area contributed by atoms with Crippen LogP contribution in [0.4, 0.5) is 13.2 Å². The van der Waals surface area contributed by atoms with Crippen molar-refractivity contribution >= 4 is 5.91 Å². The molecule has 0 spiro atoms. The third-order valence-corrected chi connectivity index (χ3v) is 3.62. The van der Waals surface area contributed by atoms with E-state index in [4.69, 9.17) is 0 Å². The van der Waals surface area contributed by atoms with Crippen LogP contribution in [0.5, 0.6) is 0 Å². The lowest BCUT2D eigenvalue weighted by molar-refractivity contribution is -0.185. The molecule has 0 N–H and O–H groups in total. The van der Waals surface area contributed by atoms with Crippen molar-refractivity contribution in [3.8, 4) is 0 Å². The van der Waals surface area contributed by atoms with Gasteiger partial charge < -0.3 is 4.90 Å². The van der Waals surface area contributed by atoms with Crippen molar-refractivity contribution in [1.29, 1.82) is 0 Å². The van der Waals surface area contributed by atoms with Gasteiger partial charge in [0.05, 0.1) is 5.69 Å². The summed E-state index contributed by atoms with van der Waals surface area (Å²) in [4.78, 5) is 13.1. The van der Waals surface area contributed by atoms with E-state index >= 15 is 0 Å². The van der Waals surface area contributed by atoms with Crippen molar-refractivity contribution < 1.29 is 18.0 Å². The predicted octanol–water partition coefficient (Wildman–Crippen LogP) is 2.38. The van der Waals surface area contributed by atoms with Gasteiger partial charge >= 0.3 is 6.18 Å². The fourth-order valence-electron chi connectivity index (χ4n) is 2.25. The minimum absolute atomic E-state index is 0.0298. The lowest BCUT2D eigenvalue weighted by atomic mass is 10.2. The van der Waals surface area contributed by atoms with Crippen molar-refractivity contribution in [2.45, 2.75) is 44.9 Å². The summed E-state index contributed by atoms with van der Waals surface area (Å²) >= 11 is 0. The number of alkyl halides is 3. The van der Waals surface area contributed by atoms with Crippen molar-refractivity contribution in [1.82, 2.24) is 14.7 Å². The largest absolute Gasteiger partial charge is 0.411 e. The fourth-order valence-corrected chi connectivity index (χ4v) is 2.25. The van der Waals surface area contributed by atoms with Gasteiger partial charge in [0.15, 0.2) is 0 Å². The maximum absolute atomic E-state index is 13.0. The number of hydrogen-bond acceptors (Lipinski definition) is 2. The molecule has 4 nitrogen and oxygen atoms in total. The van der Waals surface area contributed by atoms with E-state index in [1.165, 1.54) is 17.8 Å². The minimum Gasteiger partial charge on any atom is -0.326 e. The van der Waals surface area contributed by atoms with E-state index in [0.717, 1.165) is 4.90 Å². The Morgan fingerprint density at radius 2 is 2.11 bits per heavy atom. The summed E-state index contributed by atoms with van der Waals surface area (Å²) in [6, 6.07) is 1.52. The molecule has 1 amide bonds. The maximum atomic E-state index is 13.0. The first-order valence-electron chi connectivity index (χ1n) is 6.12. The zero-order chi connectivity index (χ0) is 14.4. The van der Waals surface area contributed by atoms with Crippen molar-refractivity contribution in [3.05, 3.63) is 17.5 Å². The molecule has 2 rings (SSSR count). The summed E-state index contributed by atoms with van der Waals surface area (Å²) in [7, 11) is 1.21. The molecule has 106 valence electrons. The standard InChI is InChI=1S/C12H16F3N3O/c1-4-18-9(7-8(2)16-18)10(19)17(3)11(5-6-11)12(13,14)15/h7H,4-6H2,1-3H3.